The first kappa shape index (κ1) is 14.2. The van der Waals surface area contributed by atoms with Crippen LogP contribution in [0.2, 0.25) is 0 Å². The minimum absolute atomic E-state index is 0.0219. The molecule has 0 unspecified atom stereocenters. The standard InChI is InChI=1S/C17H20N2O2S/c1-11-10-14(17(20)21-11)19-8-6-12(7-9-19)16-18-13-4-2-3-5-15(13)22-16/h2-5,11-12,14H,6-10H2,1H3/t11-,14+/m0/s1. The Kier molecular flexibility index (Phi) is 3.62. The molecule has 2 atom stereocenters. The van der Waals surface area contributed by atoms with Gasteiger partial charge in [-0.2, -0.15) is 0 Å². The number of carbonyl (C=O) groups is 1. The largest absolute Gasteiger partial charge is 0.461 e. The average Bonchev–Trinajstić information content (AvgIpc) is 3.10. The number of thiazole rings is 1. The minimum Gasteiger partial charge on any atom is -0.461 e. The molecule has 0 N–H and O–H groups in total. The van der Waals surface area contributed by atoms with Gasteiger partial charge in [-0.05, 0) is 45.0 Å². The molecule has 116 valence electrons. The first-order valence-corrected chi connectivity index (χ1v) is 8.82. The summed E-state index contributed by atoms with van der Waals surface area (Å²) in [7, 11) is 0. The molecule has 4 rings (SSSR count). The molecule has 1 aromatic carbocycles. The van der Waals surface area contributed by atoms with E-state index in [0.29, 0.717) is 5.92 Å². The third-order valence-electron chi connectivity index (χ3n) is 4.77. The van der Waals surface area contributed by atoms with Gasteiger partial charge in [-0.1, -0.05) is 12.1 Å². The number of piperidine rings is 1. The Labute approximate surface area is 134 Å². The molecule has 2 aliphatic rings. The van der Waals surface area contributed by atoms with Crippen molar-refractivity contribution < 1.29 is 9.53 Å². The first-order valence-electron chi connectivity index (χ1n) is 8.01. The van der Waals surface area contributed by atoms with Gasteiger partial charge in [-0.3, -0.25) is 9.69 Å². The van der Waals surface area contributed by atoms with Crippen molar-refractivity contribution in [3.8, 4) is 0 Å². The molecule has 2 saturated heterocycles. The van der Waals surface area contributed by atoms with Gasteiger partial charge >= 0.3 is 5.97 Å². The molecule has 0 amide bonds. The number of para-hydroxylation sites is 1. The second-order valence-corrected chi connectivity index (χ2v) is 7.39. The molecule has 2 aromatic rings. The second-order valence-electron chi connectivity index (χ2n) is 6.33. The molecule has 22 heavy (non-hydrogen) atoms. The van der Waals surface area contributed by atoms with Crippen LogP contribution < -0.4 is 0 Å². The third kappa shape index (κ3) is 2.52. The highest BCUT2D eigenvalue weighted by Gasteiger charge is 2.38. The lowest BCUT2D eigenvalue weighted by molar-refractivity contribution is -0.145. The average molecular weight is 316 g/mol. The molecule has 2 aliphatic heterocycles. The summed E-state index contributed by atoms with van der Waals surface area (Å²) in [6, 6.07) is 8.31. The van der Waals surface area contributed by atoms with Gasteiger partial charge in [0.1, 0.15) is 12.1 Å². The lowest BCUT2D eigenvalue weighted by Gasteiger charge is -2.33. The molecule has 5 heteroatoms. The number of hydrogen-bond donors (Lipinski definition) is 0. The Hall–Kier alpha value is -1.46. The summed E-state index contributed by atoms with van der Waals surface area (Å²) < 4.78 is 6.56. The highest BCUT2D eigenvalue weighted by molar-refractivity contribution is 7.18. The zero-order chi connectivity index (χ0) is 15.1. The number of fused-ring (bicyclic) bond motifs is 1. The minimum atomic E-state index is -0.0362. The Balaban J connectivity index is 1.44. The van der Waals surface area contributed by atoms with E-state index in [1.54, 1.807) is 0 Å². The van der Waals surface area contributed by atoms with Gasteiger partial charge in [0.05, 0.1) is 15.2 Å². The number of aromatic nitrogens is 1. The maximum atomic E-state index is 11.9. The van der Waals surface area contributed by atoms with E-state index in [9.17, 15) is 4.79 Å². The van der Waals surface area contributed by atoms with Crippen LogP contribution in [-0.2, 0) is 9.53 Å². The van der Waals surface area contributed by atoms with Crippen molar-refractivity contribution in [2.24, 2.45) is 0 Å². The smallest absolute Gasteiger partial charge is 0.323 e. The van der Waals surface area contributed by atoms with Crippen LogP contribution in [-0.4, -0.2) is 41.1 Å². The maximum Gasteiger partial charge on any atom is 0.323 e. The van der Waals surface area contributed by atoms with Crippen molar-refractivity contribution in [2.45, 2.75) is 44.2 Å². The molecule has 0 spiro atoms. The van der Waals surface area contributed by atoms with E-state index >= 15 is 0 Å². The number of cyclic esters (lactones) is 1. The Bertz CT molecular complexity index is 658. The predicted octanol–water partition coefficient (Wildman–Crippen LogP) is 3.18. The number of benzene rings is 1. The van der Waals surface area contributed by atoms with Crippen molar-refractivity contribution in [1.29, 1.82) is 0 Å². The number of carbonyl (C=O) groups excluding carboxylic acids is 1. The molecule has 0 aliphatic carbocycles. The summed E-state index contributed by atoms with van der Waals surface area (Å²) in [6.07, 6.45) is 3.07. The van der Waals surface area contributed by atoms with E-state index in [4.69, 9.17) is 9.72 Å². The second kappa shape index (κ2) is 5.63. The fourth-order valence-corrected chi connectivity index (χ4v) is 4.69. The number of nitrogens with zero attached hydrogens (tertiary/aromatic N) is 2. The van der Waals surface area contributed by atoms with Gasteiger partial charge in [0.15, 0.2) is 0 Å². The number of ether oxygens (including phenoxy) is 1. The van der Waals surface area contributed by atoms with Crippen LogP contribution >= 0.6 is 11.3 Å². The first-order chi connectivity index (χ1) is 10.7. The molecule has 1 aromatic heterocycles. The van der Waals surface area contributed by atoms with E-state index in [1.165, 1.54) is 9.71 Å². The Morgan fingerprint density at radius 2 is 2.05 bits per heavy atom. The van der Waals surface area contributed by atoms with E-state index in [-0.39, 0.29) is 18.1 Å². The Morgan fingerprint density at radius 3 is 2.73 bits per heavy atom. The fourth-order valence-electron chi connectivity index (χ4n) is 3.56. The van der Waals surface area contributed by atoms with Crippen LogP contribution in [0.5, 0.6) is 0 Å². The zero-order valence-corrected chi connectivity index (χ0v) is 13.5. The zero-order valence-electron chi connectivity index (χ0n) is 12.7. The molecule has 0 bridgehead atoms. The van der Waals surface area contributed by atoms with Crippen LogP contribution in [0.25, 0.3) is 10.2 Å². The molecule has 4 nitrogen and oxygen atoms in total. The molecule has 0 saturated carbocycles. The van der Waals surface area contributed by atoms with Crippen LogP contribution in [0.15, 0.2) is 24.3 Å². The number of esters is 1. The van der Waals surface area contributed by atoms with Crippen LogP contribution in [0, 0.1) is 0 Å². The van der Waals surface area contributed by atoms with Crippen LogP contribution in [0.3, 0.4) is 0 Å². The van der Waals surface area contributed by atoms with Crippen molar-refractivity contribution in [1.82, 2.24) is 9.88 Å². The lowest BCUT2D eigenvalue weighted by atomic mass is 9.96. The SMILES string of the molecule is C[C@H]1C[C@@H](N2CCC(c3nc4ccccc4s3)CC2)C(=O)O1. The van der Waals surface area contributed by atoms with Gasteiger partial charge < -0.3 is 4.74 Å². The quantitative estimate of drug-likeness (QED) is 0.798. The fraction of sp³-hybridized carbons (Fsp3) is 0.529. The molecule has 0 radical (unpaired) electrons. The summed E-state index contributed by atoms with van der Waals surface area (Å²) in [5.41, 5.74) is 1.11. The number of likely N-dealkylation sites (tertiary alicyclic amines) is 1. The molecule has 3 heterocycles. The number of rotatable bonds is 2. The van der Waals surface area contributed by atoms with Gasteiger partial charge in [0.2, 0.25) is 0 Å². The highest BCUT2D eigenvalue weighted by Crippen LogP contribution is 2.35. The van der Waals surface area contributed by atoms with Gasteiger partial charge in [-0.15, -0.1) is 11.3 Å². The summed E-state index contributed by atoms with van der Waals surface area (Å²) >= 11 is 1.82. The topological polar surface area (TPSA) is 42.4 Å². The molecular formula is C17H20N2O2S. The van der Waals surface area contributed by atoms with E-state index in [0.717, 1.165) is 37.9 Å². The summed E-state index contributed by atoms with van der Waals surface area (Å²) in [5.74, 6) is 0.495. The summed E-state index contributed by atoms with van der Waals surface area (Å²) in [5, 5.41) is 1.25. The van der Waals surface area contributed by atoms with E-state index < -0.39 is 0 Å². The lowest BCUT2D eigenvalue weighted by Crippen LogP contribution is -2.43. The van der Waals surface area contributed by atoms with Crippen molar-refractivity contribution in [3.05, 3.63) is 29.3 Å². The Morgan fingerprint density at radius 1 is 1.27 bits per heavy atom. The third-order valence-corrected chi connectivity index (χ3v) is 5.97. The normalized spacial score (nSPS) is 27.4. The monoisotopic (exact) mass is 316 g/mol. The van der Waals surface area contributed by atoms with Crippen molar-refractivity contribution in [3.63, 3.8) is 0 Å². The molecule has 2 fully saturated rings. The number of hydrogen-bond acceptors (Lipinski definition) is 5. The summed E-state index contributed by atoms with van der Waals surface area (Å²) in [4.78, 5) is 19.0. The predicted molar refractivity (Wildman–Crippen MR) is 87.1 cm³/mol. The van der Waals surface area contributed by atoms with Gasteiger partial charge in [0, 0.05) is 12.3 Å². The maximum absolute atomic E-state index is 11.9. The molecular weight excluding hydrogens is 296 g/mol. The highest BCUT2D eigenvalue weighted by atomic mass is 32.1. The van der Waals surface area contributed by atoms with Gasteiger partial charge in [0.25, 0.3) is 0 Å². The van der Waals surface area contributed by atoms with Crippen LogP contribution in [0.1, 0.15) is 37.1 Å². The van der Waals surface area contributed by atoms with Crippen molar-refractivity contribution >= 4 is 27.5 Å². The summed E-state index contributed by atoms with van der Waals surface area (Å²) in [6.45, 7) is 3.91. The van der Waals surface area contributed by atoms with Gasteiger partial charge in [-0.25, -0.2) is 4.98 Å². The van der Waals surface area contributed by atoms with E-state index in [2.05, 4.69) is 23.1 Å². The van der Waals surface area contributed by atoms with Crippen molar-refractivity contribution in [2.75, 3.05) is 13.1 Å². The van der Waals surface area contributed by atoms with E-state index in [1.807, 2.05) is 24.3 Å². The van der Waals surface area contributed by atoms with Crippen LogP contribution in [0.4, 0.5) is 0 Å².